The average Bonchev–Trinajstić information content (AvgIpc) is 3.37. The molecule has 1 aliphatic carbocycles. The van der Waals surface area contributed by atoms with Gasteiger partial charge in [0.1, 0.15) is 16.8 Å². The number of rotatable bonds is 7. The highest BCUT2D eigenvalue weighted by Crippen LogP contribution is 2.38. The van der Waals surface area contributed by atoms with E-state index >= 15 is 0 Å². The van der Waals surface area contributed by atoms with Crippen LogP contribution in [-0.2, 0) is 17.6 Å². The monoisotopic (exact) mass is 440 g/mol. The summed E-state index contributed by atoms with van der Waals surface area (Å²) in [6, 6.07) is 9.70. The van der Waals surface area contributed by atoms with Gasteiger partial charge < -0.3 is 14.5 Å². The molecule has 30 heavy (non-hydrogen) atoms. The Bertz CT molecular complexity index is 1100. The fourth-order valence-electron chi connectivity index (χ4n) is 3.36. The van der Waals surface area contributed by atoms with Gasteiger partial charge in [-0.25, -0.2) is 0 Å². The van der Waals surface area contributed by atoms with Crippen molar-refractivity contribution in [3.8, 4) is 23.3 Å². The molecule has 0 bridgehead atoms. The molecule has 0 atom stereocenters. The quantitative estimate of drug-likeness (QED) is 0.532. The number of benzene rings is 1. The number of amides is 1. The number of thioether (sulfide) groups is 1. The summed E-state index contributed by atoms with van der Waals surface area (Å²) in [6.45, 7) is 2.44. The van der Waals surface area contributed by atoms with E-state index in [1.165, 1.54) is 16.2 Å². The highest BCUT2D eigenvalue weighted by Gasteiger charge is 2.22. The molecule has 1 aliphatic rings. The van der Waals surface area contributed by atoms with Gasteiger partial charge in [0.2, 0.25) is 5.91 Å². The second-order valence-corrected chi connectivity index (χ2v) is 8.70. The molecule has 7 nitrogen and oxygen atoms in total. The molecule has 1 N–H and O–H groups in total. The normalized spacial score (nSPS) is 12.8. The van der Waals surface area contributed by atoms with Crippen molar-refractivity contribution >= 4 is 34.0 Å². The lowest BCUT2D eigenvalue weighted by Gasteiger charge is -2.09. The first-order valence-corrected chi connectivity index (χ1v) is 11.5. The van der Waals surface area contributed by atoms with Crippen LogP contribution in [0.15, 0.2) is 33.9 Å². The number of thiophene rings is 1. The second kappa shape index (κ2) is 9.32. The van der Waals surface area contributed by atoms with Gasteiger partial charge in [-0.05, 0) is 50.3 Å². The molecular formula is C21H20N4O3S2. The van der Waals surface area contributed by atoms with Crippen LogP contribution in [0, 0.1) is 11.3 Å². The summed E-state index contributed by atoms with van der Waals surface area (Å²) in [5.74, 6) is 0.926. The van der Waals surface area contributed by atoms with E-state index in [0.29, 0.717) is 39.6 Å². The Hall–Kier alpha value is -2.83. The number of carbonyl (C=O) groups is 1. The molecule has 1 aromatic carbocycles. The van der Waals surface area contributed by atoms with Crippen molar-refractivity contribution in [1.29, 1.82) is 5.26 Å². The van der Waals surface area contributed by atoms with E-state index in [-0.39, 0.29) is 11.7 Å². The number of fused-ring (bicyclic) bond motifs is 1. The van der Waals surface area contributed by atoms with Gasteiger partial charge in [0.15, 0.2) is 0 Å². The molecule has 2 heterocycles. The Morgan fingerprint density at radius 3 is 3.00 bits per heavy atom. The number of aryl methyl sites for hydroxylation is 1. The molecular weight excluding hydrogens is 420 g/mol. The van der Waals surface area contributed by atoms with Crippen molar-refractivity contribution in [3.63, 3.8) is 0 Å². The van der Waals surface area contributed by atoms with Gasteiger partial charge in [-0.1, -0.05) is 23.9 Å². The molecule has 4 rings (SSSR count). The molecule has 1 amide bonds. The zero-order valence-electron chi connectivity index (χ0n) is 16.4. The SMILES string of the molecule is CCOc1ccccc1-c1nnc(SCC(=O)Nc2sc3c(c2C#N)CCCC3)o1. The number of para-hydroxylation sites is 1. The summed E-state index contributed by atoms with van der Waals surface area (Å²) in [6.07, 6.45) is 4.11. The van der Waals surface area contributed by atoms with E-state index in [2.05, 4.69) is 21.6 Å². The van der Waals surface area contributed by atoms with Crippen molar-refractivity contribution in [2.24, 2.45) is 0 Å². The number of hydrogen-bond donors (Lipinski definition) is 1. The zero-order chi connectivity index (χ0) is 20.9. The van der Waals surface area contributed by atoms with E-state index in [4.69, 9.17) is 9.15 Å². The van der Waals surface area contributed by atoms with Gasteiger partial charge >= 0.3 is 0 Å². The molecule has 2 aromatic heterocycles. The number of nitrogens with one attached hydrogen (secondary N) is 1. The van der Waals surface area contributed by atoms with Crippen LogP contribution in [0.25, 0.3) is 11.5 Å². The second-order valence-electron chi connectivity index (χ2n) is 6.67. The third-order valence-corrected chi connectivity index (χ3v) is 6.71. The maximum Gasteiger partial charge on any atom is 0.277 e. The van der Waals surface area contributed by atoms with Crippen LogP contribution < -0.4 is 10.1 Å². The highest BCUT2D eigenvalue weighted by atomic mass is 32.2. The summed E-state index contributed by atoms with van der Waals surface area (Å²) in [5, 5.41) is 21.4. The van der Waals surface area contributed by atoms with Gasteiger partial charge in [0.05, 0.1) is 23.5 Å². The molecule has 0 saturated heterocycles. The lowest BCUT2D eigenvalue weighted by molar-refractivity contribution is -0.113. The first-order valence-electron chi connectivity index (χ1n) is 9.72. The third kappa shape index (κ3) is 4.35. The summed E-state index contributed by atoms with van der Waals surface area (Å²) >= 11 is 2.67. The van der Waals surface area contributed by atoms with Crippen molar-refractivity contribution in [2.45, 2.75) is 37.8 Å². The predicted molar refractivity (Wildman–Crippen MR) is 116 cm³/mol. The Morgan fingerprint density at radius 1 is 1.33 bits per heavy atom. The third-order valence-electron chi connectivity index (χ3n) is 4.69. The van der Waals surface area contributed by atoms with Crippen molar-refractivity contribution in [2.75, 3.05) is 17.7 Å². The number of aromatic nitrogens is 2. The molecule has 154 valence electrons. The standard InChI is InChI=1S/C21H20N4O3S2/c1-2-27-16-9-5-3-8-14(16)19-24-25-21(28-19)29-12-18(26)23-20-15(11-22)13-7-4-6-10-17(13)30-20/h3,5,8-9H,2,4,6-7,10,12H2,1H3,(H,23,26). The first-order chi connectivity index (χ1) is 14.7. The number of nitriles is 1. The van der Waals surface area contributed by atoms with Crippen LogP contribution in [0.1, 0.15) is 35.8 Å². The molecule has 0 fully saturated rings. The van der Waals surface area contributed by atoms with Gasteiger partial charge in [-0.3, -0.25) is 4.79 Å². The zero-order valence-corrected chi connectivity index (χ0v) is 18.1. The van der Waals surface area contributed by atoms with E-state index in [1.54, 1.807) is 0 Å². The van der Waals surface area contributed by atoms with Gasteiger partial charge in [-0.2, -0.15) is 5.26 Å². The minimum Gasteiger partial charge on any atom is -0.493 e. The lowest BCUT2D eigenvalue weighted by atomic mass is 9.96. The molecule has 9 heteroatoms. The summed E-state index contributed by atoms with van der Waals surface area (Å²) < 4.78 is 11.3. The maximum atomic E-state index is 12.4. The number of anilines is 1. The van der Waals surface area contributed by atoms with E-state index in [0.717, 1.165) is 43.0 Å². The molecule has 3 aromatic rings. The molecule has 0 saturated carbocycles. The fourth-order valence-corrected chi connectivity index (χ4v) is 5.18. The molecule has 0 spiro atoms. The Labute approximate surface area is 182 Å². The minimum absolute atomic E-state index is 0.113. The fraction of sp³-hybridized carbons (Fsp3) is 0.333. The Kier molecular flexibility index (Phi) is 6.35. The number of carbonyl (C=O) groups excluding carboxylic acids is 1. The van der Waals surface area contributed by atoms with Crippen molar-refractivity contribution in [1.82, 2.24) is 10.2 Å². The van der Waals surface area contributed by atoms with Gasteiger partial charge in [0, 0.05) is 4.88 Å². The first kappa shape index (κ1) is 20.4. The average molecular weight is 441 g/mol. The van der Waals surface area contributed by atoms with Crippen LogP contribution in [0.2, 0.25) is 0 Å². The van der Waals surface area contributed by atoms with Crippen LogP contribution in [0.3, 0.4) is 0 Å². The van der Waals surface area contributed by atoms with Gasteiger partial charge in [-0.15, -0.1) is 21.5 Å². The van der Waals surface area contributed by atoms with Crippen molar-refractivity contribution < 1.29 is 13.9 Å². The molecule has 0 aliphatic heterocycles. The number of nitrogens with zero attached hydrogens (tertiary/aromatic N) is 3. The lowest BCUT2D eigenvalue weighted by Crippen LogP contribution is -2.14. The smallest absolute Gasteiger partial charge is 0.277 e. The molecule has 0 radical (unpaired) electrons. The van der Waals surface area contributed by atoms with E-state index in [9.17, 15) is 10.1 Å². The summed E-state index contributed by atoms with van der Waals surface area (Å²) in [5.41, 5.74) is 2.43. The minimum atomic E-state index is -0.204. The number of ether oxygens (including phenoxy) is 1. The topological polar surface area (TPSA) is 101 Å². The largest absolute Gasteiger partial charge is 0.493 e. The maximum absolute atomic E-state index is 12.4. The predicted octanol–water partition coefficient (Wildman–Crippen LogP) is 4.68. The van der Waals surface area contributed by atoms with Crippen molar-refractivity contribution in [3.05, 3.63) is 40.3 Å². The highest BCUT2D eigenvalue weighted by molar-refractivity contribution is 7.99. The van der Waals surface area contributed by atoms with Crippen LogP contribution in [0.5, 0.6) is 5.75 Å². The van der Waals surface area contributed by atoms with Crippen LogP contribution >= 0.6 is 23.1 Å². The van der Waals surface area contributed by atoms with Gasteiger partial charge in [0.25, 0.3) is 11.1 Å². The number of hydrogen-bond acceptors (Lipinski definition) is 8. The van der Waals surface area contributed by atoms with E-state index in [1.807, 2.05) is 31.2 Å². The van der Waals surface area contributed by atoms with E-state index < -0.39 is 0 Å². The Balaban J connectivity index is 1.40. The van der Waals surface area contributed by atoms with Crippen LogP contribution in [-0.4, -0.2) is 28.5 Å². The summed E-state index contributed by atoms with van der Waals surface area (Å²) in [7, 11) is 0. The van der Waals surface area contributed by atoms with Crippen LogP contribution in [0.4, 0.5) is 5.00 Å². The summed E-state index contributed by atoms with van der Waals surface area (Å²) in [4.78, 5) is 13.7. The Morgan fingerprint density at radius 2 is 2.17 bits per heavy atom. The molecule has 0 unspecified atom stereocenters.